The van der Waals surface area contributed by atoms with E-state index in [-0.39, 0.29) is 11.4 Å². The van der Waals surface area contributed by atoms with Gasteiger partial charge in [-0.25, -0.2) is 12.8 Å². The molecular formula is C16H16ClFN2O3S. The number of rotatable bonds is 5. The van der Waals surface area contributed by atoms with E-state index >= 15 is 0 Å². The predicted molar refractivity (Wildman–Crippen MR) is 93.4 cm³/mol. The second-order valence-electron chi connectivity index (χ2n) is 5.26. The number of nitrogens with one attached hydrogen (secondary N) is 1. The first-order valence-electron chi connectivity index (χ1n) is 6.96. The fourth-order valence-electron chi connectivity index (χ4n) is 2.03. The maximum absolute atomic E-state index is 13.5. The van der Waals surface area contributed by atoms with E-state index in [0.29, 0.717) is 10.6 Å². The number of carbonyl (C=O) groups is 1. The highest BCUT2D eigenvalue weighted by molar-refractivity contribution is 7.92. The minimum atomic E-state index is -3.70. The Morgan fingerprint density at radius 2 is 1.96 bits per heavy atom. The second kappa shape index (κ2) is 7.19. The number of hydrogen-bond donors (Lipinski definition) is 1. The molecule has 2 aromatic rings. The first-order valence-corrected chi connectivity index (χ1v) is 9.19. The van der Waals surface area contributed by atoms with Gasteiger partial charge in [0.2, 0.25) is 15.9 Å². The Kier molecular flexibility index (Phi) is 5.46. The molecule has 0 heterocycles. The van der Waals surface area contributed by atoms with Crippen LogP contribution in [0.1, 0.15) is 5.56 Å². The lowest BCUT2D eigenvalue weighted by Crippen LogP contribution is -2.37. The molecule has 0 unspecified atom stereocenters. The zero-order valence-electron chi connectivity index (χ0n) is 13.1. The van der Waals surface area contributed by atoms with Crippen molar-refractivity contribution in [3.63, 3.8) is 0 Å². The lowest BCUT2D eigenvalue weighted by molar-refractivity contribution is -0.114. The van der Waals surface area contributed by atoms with Crippen molar-refractivity contribution in [2.45, 2.75) is 6.92 Å². The van der Waals surface area contributed by atoms with E-state index in [1.807, 2.05) is 0 Å². The predicted octanol–water partition coefficient (Wildman–Crippen LogP) is 3.19. The Hall–Kier alpha value is -2.12. The van der Waals surface area contributed by atoms with Gasteiger partial charge in [0.1, 0.15) is 12.4 Å². The molecule has 2 rings (SSSR count). The van der Waals surface area contributed by atoms with Gasteiger partial charge in [-0.3, -0.25) is 9.10 Å². The van der Waals surface area contributed by atoms with E-state index in [0.717, 1.165) is 10.6 Å². The van der Waals surface area contributed by atoms with Crippen LogP contribution in [0.5, 0.6) is 0 Å². The van der Waals surface area contributed by atoms with Gasteiger partial charge in [-0.05, 0) is 42.8 Å². The summed E-state index contributed by atoms with van der Waals surface area (Å²) in [4.78, 5) is 12.2. The second-order valence-corrected chi connectivity index (χ2v) is 7.60. The molecule has 1 N–H and O–H groups in total. The summed E-state index contributed by atoms with van der Waals surface area (Å²) in [5.74, 6) is -1.05. The molecule has 0 radical (unpaired) electrons. The molecule has 8 heteroatoms. The average Bonchev–Trinajstić information content (AvgIpc) is 2.47. The summed E-state index contributed by atoms with van der Waals surface area (Å²) < 4.78 is 38.4. The van der Waals surface area contributed by atoms with Gasteiger partial charge < -0.3 is 5.32 Å². The molecule has 0 bridgehead atoms. The molecule has 0 spiro atoms. The van der Waals surface area contributed by atoms with Crippen molar-refractivity contribution >= 4 is 38.9 Å². The number of aryl methyl sites for hydroxylation is 1. The van der Waals surface area contributed by atoms with Crippen LogP contribution in [0, 0.1) is 12.7 Å². The summed E-state index contributed by atoms with van der Waals surface area (Å²) >= 11 is 5.87. The number of amides is 1. The Labute approximate surface area is 145 Å². The number of nitrogens with zero attached hydrogens (tertiary/aromatic N) is 1. The highest BCUT2D eigenvalue weighted by atomic mass is 35.5. The molecule has 0 fully saturated rings. The minimum Gasteiger partial charge on any atom is -0.324 e. The highest BCUT2D eigenvalue weighted by Gasteiger charge is 2.21. The van der Waals surface area contributed by atoms with E-state index in [2.05, 4.69) is 5.32 Å². The highest BCUT2D eigenvalue weighted by Crippen LogP contribution is 2.22. The summed E-state index contributed by atoms with van der Waals surface area (Å²) in [6.45, 7) is 1.15. The summed E-state index contributed by atoms with van der Waals surface area (Å²) in [6, 6.07) is 10.4. The number of carbonyl (C=O) groups excluding carboxylic acids is 1. The van der Waals surface area contributed by atoms with E-state index in [4.69, 9.17) is 11.6 Å². The Morgan fingerprint density at radius 3 is 2.54 bits per heavy atom. The van der Waals surface area contributed by atoms with Crippen molar-refractivity contribution < 1.29 is 17.6 Å². The minimum absolute atomic E-state index is 0.252. The van der Waals surface area contributed by atoms with E-state index in [9.17, 15) is 17.6 Å². The summed E-state index contributed by atoms with van der Waals surface area (Å²) in [7, 11) is -3.70. The number of hydrogen-bond acceptors (Lipinski definition) is 3. The lowest BCUT2D eigenvalue weighted by Gasteiger charge is -2.22. The molecule has 5 nitrogen and oxygen atoms in total. The monoisotopic (exact) mass is 370 g/mol. The van der Waals surface area contributed by atoms with Gasteiger partial charge in [0.25, 0.3) is 0 Å². The maximum Gasteiger partial charge on any atom is 0.245 e. The molecule has 0 aliphatic rings. The van der Waals surface area contributed by atoms with Crippen LogP contribution in [-0.4, -0.2) is 27.1 Å². The van der Waals surface area contributed by atoms with E-state index < -0.39 is 28.3 Å². The molecule has 2 aromatic carbocycles. The van der Waals surface area contributed by atoms with Crippen LogP contribution in [0.15, 0.2) is 42.5 Å². The topological polar surface area (TPSA) is 66.5 Å². The van der Waals surface area contributed by atoms with Gasteiger partial charge in [0, 0.05) is 10.7 Å². The van der Waals surface area contributed by atoms with Crippen molar-refractivity contribution in [2.24, 2.45) is 0 Å². The number of halogens is 2. The number of sulfonamides is 1. The van der Waals surface area contributed by atoms with E-state index in [1.165, 1.54) is 24.3 Å². The summed E-state index contributed by atoms with van der Waals surface area (Å²) in [5.41, 5.74) is 0.975. The molecule has 0 atom stereocenters. The molecule has 0 aliphatic carbocycles. The van der Waals surface area contributed by atoms with Crippen LogP contribution in [0.4, 0.5) is 15.8 Å². The van der Waals surface area contributed by atoms with Crippen molar-refractivity contribution in [3.05, 3.63) is 58.9 Å². The molecule has 128 valence electrons. The largest absolute Gasteiger partial charge is 0.324 e. The van der Waals surface area contributed by atoms with Crippen LogP contribution in [0.2, 0.25) is 5.02 Å². The van der Waals surface area contributed by atoms with Gasteiger partial charge >= 0.3 is 0 Å². The van der Waals surface area contributed by atoms with Crippen molar-refractivity contribution in [2.75, 3.05) is 22.4 Å². The van der Waals surface area contributed by atoms with Crippen molar-refractivity contribution in [1.82, 2.24) is 0 Å². The molecule has 24 heavy (non-hydrogen) atoms. The van der Waals surface area contributed by atoms with Gasteiger partial charge in [-0.1, -0.05) is 23.7 Å². The average molecular weight is 371 g/mol. The SMILES string of the molecule is Cc1ccc(NC(=O)CN(c2cccc(Cl)c2)S(C)(=O)=O)cc1F. The third-order valence-corrected chi connectivity index (χ3v) is 4.61. The normalized spacial score (nSPS) is 11.2. The van der Waals surface area contributed by atoms with Crippen molar-refractivity contribution in [3.8, 4) is 0 Å². The molecule has 0 aromatic heterocycles. The van der Waals surface area contributed by atoms with Crippen LogP contribution in [0.25, 0.3) is 0 Å². The maximum atomic E-state index is 13.5. The number of anilines is 2. The van der Waals surface area contributed by atoms with Crippen LogP contribution in [0.3, 0.4) is 0 Å². The quantitative estimate of drug-likeness (QED) is 0.878. The fourth-order valence-corrected chi connectivity index (χ4v) is 3.07. The lowest BCUT2D eigenvalue weighted by atomic mass is 10.2. The molecular weight excluding hydrogens is 355 g/mol. The third kappa shape index (κ3) is 4.69. The van der Waals surface area contributed by atoms with Gasteiger partial charge in [-0.2, -0.15) is 0 Å². The van der Waals surface area contributed by atoms with E-state index in [1.54, 1.807) is 25.1 Å². The standard InChI is InChI=1S/C16H16ClFN2O3S/c1-11-6-7-13(9-15(11)18)19-16(21)10-20(24(2,22)23)14-5-3-4-12(17)8-14/h3-9H,10H2,1-2H3,(H,19,21). The zero-order chi connectivity index (χ0) is 17.9. The van der Waals surface area contributed by atoms with Gasteiger partial charge in [-0.15, -0.1) is 0 Å². The Morgan fingerprint density at radius 1 is 1.25 bits per heavy atom. The van der Waals surface area contributed by atoms with Crippen LogP contribution >= 0.6 is 11.6 Å². The number of benzene rings is 2. The van der Waals surface area contributed by atoms with Gasteiger partial charge in [0.15, 0.2) is 0 Å². The van der Waals surface area contributed by atoms with Crippen LogP contribution < -0.4 is 9.62 Å². The first kappa shape index (κ1) is 18.2. The summed E-state index contributed by atoms with van der Waals surface area (Å²) in [5, 5.41) is 2.83. The van der Waals surface area contributed by atoms with Gasteiger partial charge in [0.05, 0.1) is 11.9 Å². The third-order valence-electron chi connectivity index (χ3n) is 3.24. The van der Waals surface area contributed by atoms with Crippen molar-refractivity contribution in [1.29, 1.82) is 0 Å². The molecule has 0 saturated carbocycles. The smallest absolute Gasteiger partial charge is 0.245 e. The molecule has 0 aliphatic heterocycles. The Bertz CT molecular complexity index is 871. The van der Waals surface area contributed by atoms with Crippen LogP contribution in [-0.2, 0) is 14.8 Å². The molecule has 1 amide bonds. The fraction of sp³-hybridized carbons (Fsp3) is 0.188. The first-order chi connectivity index (χ1) is 11.2. The molecule has 0 saturated heterocycles. The summed E-state index contributed by atoms with van der Waals surface area (Å²) in [6.07, 6.45) is 0.993. The Balaban J connectivity index is 2.20. The zero-order valence-corrected chi connectivity index (χ0v) is 14.7.